The number of para-hydroxylation sites is 1. The fraction of sp³-hybridized carbons (Fsp3) is 0.222. The Bertz CT molecular complexity index is 360. The molecule has 0 saturated carbocycles. The number of hydrogen-bond acceptors (Lipinski definition) is 3. The average Bonchev–Trinajstić information content (AvgIpc) is 2.14. The number of alkyl halides is 3. The second kappa shape index (κ2) is 4.20. The predicted molar refractivity (Wildman–Crippen MR) is 44.4 cm³/mol. The zero-order valence-corrected chi connectivity index (χ0v) is 7.41. The van der Waals surface area contributed by atoms with Gasteiger partial charge in [-0.15, -0.1) is 0 Å². The molecule has 15 heavy (non-hydrogen) atoms. The molecule has 1 aromatic carbocycles. The number of rotatable bonds is 2. The topological polar surface area (TPSA) is 46.5 Å². The van der Waals surface area contributed by atoms with Gasteiger partial charge in [0.15, 0.2) is 6.61 Å². The van der Waals surface area contributed by atoms with Crippen molar-refractivity contribution in [3.63, 3.8) is 0 Å². The van der Waals surface area contributed by atoms with Gasteiger partial charge in [-0.2, -0.15) is 13.2 Å². The highest BCUT2D eigenvalue weighted by Crippen LogP contribution is 2.19. The summed E-state index contributed by atoms with van der Waals surface area (Å²) in [4.78, 5) is 11.0. The fourth-order valence-electron chi connectivity index (χ4n) is 0.871. The zero-order valence-electron chi connectivity index (χ0n) is 7.41. The quantitative estimate of drug-likeness (QED) is 0.776. The van der Waals surface area contributed by atoms with E-state index in [1.54, 1.807) is 0 Å². The monoisotopic (exact) mass is 220 g/mol. The van der Waals surface area contributed by atoms with Crippen LogP contribution in [0, 0.1) is 0 Å². The minimum atomic E-state index is -4.57. The molecule has 0 aliphatic rings. The van der Waals surface area contributed by atoms with Crippen LogP contribution in [0.1, 0.15) is 10.4 Å². The van der Waals surface area contributed by atoms with Crippen LogP contribution in [0.3, 0.4) is 0 Å². The molecule has 0 saturated heterocycles. The van der Waals surface area contributed by atoms with Gasteiger partial charge in [-0.25, -0.2) is 4.79 Å². The molecule has 0 aromatic heterocycles. The molecule has 0 spiro atoms. The number of benzene rings is 1. The van der Waals surface area contributed by atoms with Gasteiger partial charge in [-0.3, -0.25) is 0 Å². The predicted octanol–water partition coefficient (Wildman–Crippen LogP) is 2.11. The van der Waals surface area contributed by atoms with Crippen molar-refractivity contribution in [1.82, 2.24) is 0 Å². The molecular formula is C9H7F3O3. The number of hydrogen-bond donors (Lipinski definition) is 1. The maximum atomic E-state index is 11.7. The van der Waals surface area contributed by atoms with Crippen LogP contribution in [0.15, 0.2) is 24.3 Å². The van der Waals surface area contributed by atoms with Gasteiger partial charge in [-0.05, 0) is 12.1 Å². The van der Waals surface area contributed by atoms with E-state index >= 15 is 0 Å². The minimum absolute atomic E-state index is 0.290. The number of carbonyl (C=O) groups excluding carboxylic acids is 1. The number of phenolic OH excluding ortho intramolecular Hbond substituents is 1. The summed E-state index contributed by atoms with van der Waals surface area (Å²) in [6, 6.07) is 5.21. The Morgan fingerprint density at radius 2 is 1.93 bits per heavy atom. The molecule has 1 aromatic rings. The number of carbonyl (C=O) groups is 1. The van der Waals surface area contributed by atoms with Gasteiger partial charge >= 0.3 is 12.1 Å². The lowest BCUT2D eigenvalue weighted by atomic mass is 10.2. The number of ether oxygens (including phenoxy) is 1. The number of phenols is 1. The van der Waals surface area contributed by atoms with E-state index in [2.05, 4.69) is 4.74 Å². The molecule has 0 atom stereocenters. The average molecular weight is 220 g/mol. The van der Waals surface area contributed by atoms with Crippen LogP contribution in [-0.4, -0.2) is 23.9 Å². The van der Waals surface area contributed by atoms with E-state index < -0.39 is 24.5 Å². The standard InChI is InChI=1S/C9H7F3O3/c10-9(11,12)5-15-8(14)6-3-1-2-4-7(6)13/h1-4,13H,5H2. The Hall–Kier alpha value is -1.72. The lowest BCUT2D eigenvalue weighted by molar-refractivity contribution is -0.161. The molecule has 0 amide bonds. The molecule has 6 heteroatoms. The third-order valence-electron chi connectivity index (χ3n) is 1.49. The molecule has 0 aliphatic carbocycles. The van der Waals surface area contributed by atoms with E-state index in [4.69, 9.17) is 5.11 Å². The molecule has 82 valence electrons. The molecule has 0 fully saturated rings. The van der Waals surface area contributed by atoms with E-state index in [9.17, 15) is 18.0 Å². The Labute approximate surface area is 83.1 Å². The van der Waals surface area contributed by atoms with Crippen LogP contribution in [0.2, 0.25) is 0 Å². The normalized spacial score (nSPS) is 11.1. The highest BCUT2D eigenvalue weighted by molar-refractivity contribution is 5.92. The molecule has 0 unspecified atom stereocenters. The summed E-state index contributed by atoms with van der Waals surface area (Å²) in [5.41, 5.74) is -0.290. The van der Waals surface area contributed by atoms with Crippen molar-refractivity contribution in [1.29, 1.82) is 0 Å². The number of aromatic hydroxyl groups is 1. The van der Waals surface area contributed by atoms with E-state index in [1.165, 1.54) is 24.3 Å². The smallest absolute Gasteiger partial charge is 0.422 e. The van der Waals surface area contributed by atoms with Crippen molar-refractivity contribution in [3.05, 3.63) is 29.8 Å². The molecule has 0 aliphatic heterocycles. The minimum Gasteiger partial charge on any atom is -0.507 e. The third-order valence-corrected chi connectivity index (χ3v) is 1.49. The molecular weight excluding hydrogens is 213 g/mol. The SMILES string of the molecule is O=C(OCC(F)(F)F)c1ccccc1O. The lowest BCUT2D eigenvalue weighted by Crippen LogP contribution is -2.20. The van der Waals surface area contributed by atoms with E-state index in [0.29, 0.717) is 0 Å². The van der Waals surface area contributed by atoms with Gasteiger partial charge < -0.3 is 9.84 Å². The molecule has 0 bridgehead atoms. The molecule has 0 heterocycles. The number of halogens is 3. The third kappa shape index (κ3) is 3.49. The maximum absolute atomic E-state index is 11.7. The van der Waals surface area contributed by atoms with Crippen molar-refractivity contribution in [2.45, 2.75) is 6.18 Å². The van der Waals surface area contributed by atoms with E-state index in [0.717, 1.165) is 0 Å². The van der Waals surface area contributed by atoms with Crippen LogP contribution in [0.25, 0.3) is 0 Å². The first-order valence-electron chi connectivity index (χ1n) is 3.92. The van der Waals surface area contributed by atoms with Crippen LogP contribution < -0.4 is 0 Å². The second-order valence-corrected chi connectivity index (χ2v) is 2.71. The van der Waals surface area contributed by atoms with E-state index in [1.807, 2.05) is 0 Å². The highest BCUT2D eigenvalue weighted by Gasteiger charge is 2.30. The Balaban J connectivity index is 2.66. The summed E-state index contributed by atoms with van der Waals surface area (Å²) in [5, 5.41) is 9.13. The molecule has 1 N–H and O–H groups in total. The van der Waals surface area contributed by atoms with Gasteiger partial charge in [0.1, 0.15) is 11.3 Å². The van der Waals surface area contributed by atoms with Gasteiger partial charge in [0.05, 0.1) is 0 Å². The first-order valence-corrected chi connectivity index (χ1v) is 3.92. The van der Waals surface area contributed by atoms with Gasteiger partial charge in [-0.1, -0.05) is 12.1 Å². The summed E-state index contributed by atoms with van der Waals surface area (Å²) in [7, 11) is 0. The molecule has 3 nitrogen and oxygen atoms in total. The Morgan fingerprint density at radius 3 is 2.47 bits per heavy atom. The zero-order chi connectivity index (χ0) is 11.5. The fourth-order valence-corrected chi connectivity index (χ4v) is 0.871. The summed E-state index contributed by atoms with van der Waals surface area (Å²) >= 11 is 0. The van der Waals surface area contributed by atoms with Gasteiger partial charge in [0, 0.05) is 0 Å². The Kier molecular flexibility index (Phi) is 3.18. The lowest BCUT2D eigenvalue weighted by Gasteiger charge is -2.08. The first-order chi connectivity index (χ1) is 6.90. The summed E-state index contributed by atoms with van der Waals surface area (Å²) < 4.78 is 39.0. The molecule has 0 radical (unpaired) electrons. The van der Waals surface area contributed by atoms with Crippen molar-refractivity contribution >= 4 is 5.97 Å². The van der Waals surface area contributed by atoms with Crippen molar-refractivity contribution in [2.75, 3.05) is 6.61 Å². The van der Waals surface area contributed by atoms with Crippen molar-refractivity contribution in [3.8, 4) is 5.75 Å². The first kappa shape index (κ1) is 11.4. The Morgan fingerprint density at radius 1 is 1.33 bits per heavy atom. The summed E-state index contributed by atoms with van der Waals surface area (Å²) in [6.45, 7) is -1.67. The van der Waals surface area contributed by atoms with Crippen LogP contribution in [-0.2, 0) is 4.74 Å². The second-order valence-electron chi connectivity index (χ2n) is 2.71. The van der Waals surface area contributed by atoms with Crippen LogP contribution in [0.5, 0.6) is 5.75 Å². The van der Waals surface area contributed by atoms with Crippen molar-refractivity contribution < 1.29 is 27.8 Å². The van der Waals surface area contributed by atoms with Gasteiger partial charge in [0.25, 0.3) is 0 Å². The number of esters is 1. The van der Waals surface area contributed by atoms with Crippen LogP contribution in [0.4, 0.5) is 13.2 Å². The molecule has 1 rings (SSSR count). The van der Waals surface area contributed by atoms with Crippen LogP contribution >= 0.6 is 0 Å². The largest absolute Gasteiger partial charge is 0.507 e. The maximum Gasteiger partial charge on any atom is 0.422 e. The highest BCUT2D eigenvalue weighted by atomic mass is 19.4. The summed E-state index contributed by atoms with van der Waals surface area (Å²) in [5.74, 6) is -1.62. The van der Waals surface area contributed by atoms with E-state index in [-0.39, 0.29) is 5.56 Å². The summed E-state index contributed by atoms with van der Waals surface area (Å²) in [6.07, 6.45) is -4.57. The van der Waals surface area contributed by atoms with Crippen molar-refractivity contribution in [2.24, 2.45) is 0 Å². The van der Waals surface area contributed by atoms with Gasteiger partial charge in [0.2, 0.25) is 0 Å².